The number of fused-ring (bicyclic) bond motifs is 1. The minimum absolute atomic E-state index is 0.173. The molecule has 2 aromatic rings. The Balaban J connectivity index is 1.97. The molecule has 1 aliphatic rings. The van der Waals surface area contributed by atoms with Crippen LogP contribution in [0.25, 0.3) is 0 Å². The van der Waals surface area contributed by atoms with Crippen molar-refractivity contribution in [1.82, 2.24) is 19.9 Å². The molecule has 0 unspecified atom stereocenters. The van der Waals surface area contributed by atoms with Gasteiger partial charge in [-0.15, -0.1) is 0 Å². The van der Waals surface area contributed by atoms with Gasteiger partial charge in [0.1, 0.15) is 11.5 Å². The number of aliphatic hydroxyl groups excluding tert-OH is 1. The zero-order valence-corrected chi connectivity index (χ0v) is 16.3. The monoisotopic (exact) mass is 374 g/mol. The molecule has 0 fully saturated rings. The number of methoxy groups -OCH3 is 2. The van der Waals surface area contributed by atoms with Gasteiger partial charge in [0.05, 0.1) is 26.4 Å². The Morgan fingerprint density at radius 1 is 1.19 bits per heavy atom. The number of ether oxygens (including phenoxy) is 2. The highest BCUT2D eigenvalue weighted by atomic mass is 16.5. The van der Waals surface area contributed by atoms with Gasteiger partial charge in [-0.25, -0.2) is 0 Å². The number of aromatic nitrogens is 3. The molecule has 9 nitrogen and oxygen atoms in total. The topological polar surface area (TPSA) is 110 Å². The largest absolute Gasteiger partial charge is 0.496 e. The summed E-state index contributed by atoms with van der Waals surface area (Å²) in [6.45, 7) is 2.97. The van der Waals surface area contributed by atoms with E-state index in [0.717, 1.165) is 11.1 Å². The zero-order chi connectivity index (χ0) is 19.7. The molecule has 0 spiro atoms. The molecule has 2 heterocycles. The summed E-state index contributed by atoms with van der Waals surface area (Å²) in [5, 5.41) is 10.8. The first kappa shape index (κ1) is 19.1. The van der Waals surface area contributed by atoms with Crippen LogP contribution in [0.15, 0.2) is 12.1 Å². The number of rotatable bonds is 5. The molecule has 0 radical (unpaired) electrons. The Hall–Kier alpha value is -2.65. The van der Waals surface area contributed by atoms with E-state index < -0.39 is 6.10 Å². The van der Waals surface area contributed by atoms with Gasteiger partial charge in [-0.3, -0.25) is 4.90 Å². The smallest absolute Gasteiger partial charge is 0.229 e. The molecule has 0 amide bonds. The summed E-state index contributed by atoms with van der Waals surface area (Å²) in [4.78, 5) is 16.8. The zero-order valence-electron chi connectivity index (χ0n) is 16.3. The standard InChI is InChI=1S/C18H26N6O3/c1-10(16-20-17(19)22-18(21-16)23(2)3)24-8-11-13(26-4)6-7-14(27-5)15(11)12(25)9-24/h6-7,10,12,25H,8-9H2,1-5H3,(H2,19,20,21,22)/t10-,12+/m0/s1. The first-order valence-electron chi connectivity index (χ1n) is 8.70. The highest BCUT2D eigenvalue weighted by molar-refractivity contribution is 5.51. The van der Waals surface area contributed by atoms with E-state index in [1.807, 2.05) is 33.2 Å². The molecule has 1 aromatic carbocycles. The molecule has 9 heteroatoms. The normalized spacial score (nSPS) is 17.9. The Kier molecular flexibility index (Phi) is 5.33. The van der Waals surface area contributed by atoms with Crippen LogP contribution < -0.4 is 20.1 Å². The summed E-state index contributed by atoms with van der Waals surface area (Å²) in [5.74, 6) is 2.61. The Bertz CT molecular complexity index is 829. The maximum absolute atomic E-state index is 10.8. The molecular formula is C18H26N6O3. The molecule has 1 aliphatic heterocycles. The third-order valence-electron chi connectivity index (χ3n) is 4.80. The van der Waals surface area contributed by atoms with Crippen molar-refractivity contribution in [1.29, 1.82) is 0 Å². The van der Waals surface area contributed by atoms with Gasteiger partial charge in [0, 0.05) is 38.3 Å². The van der Waals surface area contributed by atoms with Crippen molar-refractivity contribution in [2.24, 2.45) is 0 Å². The molecule has 0 saturated heterocycles. The summed E-state index contributed by atoms with van der Waals surface area (Å²) < 4.78 is 10.9. The highest BCUT2D eigenvalue weighted by Gasteiger charge is 2.33. The minimum atomic E-state index is -0.714. The maximum Gasteiger partial charge on any atom is 0.229 e. The second-order valence-corrected chi connectivity index (χ2v) is 6.73. The van der Waals surface area contributed by atoms with Gasteiger partial charge in [-0.1, -0.05) is 0 Å². The number of hydrogen-bond acceptors (Lipinski definition) is 9. The number of aliphatic hydroxyl groups is 1. The average Bonchev–Trinajstić information content (AvgIpc) is 2.65. The molecule has 0 aliphatic carbocycles. The molecule has 1 aromatic heterocycles. The van der Waals surface area contributed by atoms with Crippen molar-refractivity contribution in [2.75, 3.05) is 45.5 Å². The number of hydrogen-bond donors (Lipinski definition) is 2. The SMILES string of the molecule is COc1ccc(OC)c2c1CN([C@@H](C)c1nc(N)nc(N(C)C)n1)C[C@H]2O. The van der Waals surface area contributed by atoms with E-state index in [4.69, 9.17) is 15.2 Å². The lowest BCUT2D eigenvalue weighted by molar-refractivity contribution is 0.0639. The second-order valence-electron chi connectivity index (χ2n) is 6.73. The van der Waals surface area contributed by atoms with Crippen molar-refractivity contribution in [3.63, 3.8) is 0 Å². The van der Waals surface area contributed by atoms with Crippen LogP contribution in [0, 0.1) is 0 Å². The third kappa shape index (κ3) is 3.60. The second kappa shape index (κ2) is 7.53. The predicted molar refractivity (Wildman–Crippen MR) is 102 cm³/mol. The fourth-order valence-corrected chi connectivity index (χ4v) is 3.34. The summed E-state index contributed by atoms with van der Waals surface area (Å²) in [6.07, 6.45) is -0.714. The van der Waals surface area contributed by atoms with Gasteiger partial charge < -0.3 is 25.2 Å². The molecule has 0 bridgehead atoms. The van der Waals surface area contributed by atoms with E-state index >= 15 is 0 Å². The van der Waals surface area contributed by atoms with Crippen LogP contribution in [0.4, 0.5) is 11.9 Å². The van der Waals surface area contributed by atoms with Gasteiger partial charge in [-0.2, -0.15) is 15.0 Å². The molecule has 27 heavy (non-hydrogen) atoms. The van der Waals surface area contributed by atoms with Gasteiger partial charge in [0.2, 0.25) is 11.9 Å². The van der Waals surface area contributed by atoms with Gasteiger partial charge >= 0.3 is 0 Å². The fourth-order valence-electron chi connectivity index (χ4n) is 3.34. The van der Waals surface area contributed by atoms with Crippen molar-refractivity contribution in [3.05, 3.63) is 29.1 Å². The Morgan fingerprint density at radius 3 is 2.48 bits per heavy atom. The predicted octanol–water partition coefficient (Wildman–Crippen LogP) is 1.15. The van der Waals surface area contributed by atoms with Gasteiger partial charge in [0.15, 0.2) is 5.82 Å². The molecule has 2 atom stereocenters. The molecule has 3 rings (SSSR count). The lowest BCUT2D eigenvalue weighted by Gasteiger charge is -2.36. The average molecular weight is 374 g/mol. The Morgan fingerprint density at radius 2 is 1.85 bits per heavy atom. The third-order valence-corrected chi connectivity index (χ3v) is 4.80. The molecular weight excluding hydrogens is 348 g/mol. The number of nitrogens with two attached hydrogens (primary N) is 1. The quantitative estimate of drug-likeness (QED) is 0.796. The van der Waals surface area contributed by atoms with Crippen LogP contribution in [-0.2, 0) is 6.54 Å². The van der Waals surface area contributed by atoms with E-state index in [9.17, 15) is 5.11 Å². The van der Waals surface area contributed by atoms with Crippen LogP contribution in [0.2, 0.25) is 0 Å². The number of β-amino-alcohol motifs (C(OH)–C–C–N with tert-alkyl or cyclic N) is 1. The summed E-state index contributed by atoms with van der Waals surface area (Å²) >= 11 is 0. The van der Waals surface area contributed by atoms with E-state index in [1.165, 1.54) is 0 Å². The van der Waals surface area contributed by atoms with Crippen molar-refractivity contribution in [3.8, 4) is 11.5 Å². The number of nitrogen functional groups attached to an aromatic ring is 1. The summed E-state index contributed by atoms with van der Waals surface area (Å²) in [5.41, 5.74) is 7.53. The van der Waals surface area contributed by atoms with E-state index in [1.54, 1.807) is 19.1 Å². The van der Waals surface area contributed by atoms with Crippen molar-refractivity contribution < 1.29 is 14.6 Å². The van der Waals surface area contributed by atoms with Crippen molar-refractivity contribution >= 4 is 11.9 Å². The highest BCUT2D eigenvalue weighted by Crippen LogP contribution is 2.41. The van der Waals surface area contributed by atoms with Crippen LogP contribution in [0.1, 0.15) is 36.0 Å². The maximum atomic E-state index is 10.8. The lowest BCUT2D eigenvalue weighted by atomic mass is 9.94. The van der Waals surface area contributed by atoms with E-state index in [-0.39, 0.29) is 12.0 Å². The van der Waals surface area contributed by atoms with Crippen molar-refractivity contribution in [2.45, 2.75) is 25.6 Å². The number of benzene rings is 1. The summed E-state index contributed by atoms with van der Waals surface area (Å²) in [6, 6.07) is 3.49. The van der Waals surface area contributed by atoms with Gasteiger partial charge in [0.25, 0.3) is 0 Å². The molecule has 146 valence electrons. The van der Waals surface area contributed by atoms with Crippen LogP contribution in [-0.4, -0.2) is 59.8 Å². The minimum Gasteiger partial charge on any atom is -0.496 e. The number of nitrogens with zero attached hydrogens (tertiary/aromatic N) is 5. The summed E-state index contributed by atoms with van der Waals surface area (Å²) in [7, 11) is 6.91. The molecule has 0 saturated carbocycles. The van der Waals surface area contributed by atoms with Crippen LogP contribution in [0.3, 0.4) is 0 Å². The fraction of sp³-hybridized carbons (Fsp3) is 0.500. The lowest BCUT2D eigenvalue weighted by Crippen LogP contribution is -2.37. The Labute approximate surface area is 158 Å². The van der Waals surface area contributed by atoms with E-state index in [0.29, 0.717) is 36.4 Å². The number of anilines is 2. The first-order chi connectivity index (χ1) is 12.8. The van der Waals surface area contributed by atoms with Crippen LogP contribution in [0.5, 0.6) is 11.5 Å². The molecule has 3 N–H and O–H groups in total. The van der Waals surface area contributed by atoms with E-state index in [2.05, 4.69) is 19.9 Å². The first-order valence-corrected chi connectivity index (χ1v) is 8.70. The van der Waals surface area contributed by atoms with Crippen LogP contribution >= 0.6 is 0 Å². The van der Waals surface area contributed by atoms with Gasteiger partial charge in [-0.05, 0) is 19.1 Å².